The standard InChI is InChI=1S/C16H18N4O/c1-11-18-7-5-15(20-11)10-19-16(21)13-3-2-12-4-6-17-9-14(12)8-13/h2-3,5,7-8,17H,4,6,9-10H2,1H3,(H,19,21). The van der Waals surface area contributed by atoms with Gasteiger partial charge < -0.3 is 10.6 Å². The molecule has 1 aromatic heterocycles. The maximum absolute atomic E-state index is 12.2. The monoisotopic (exact) mass is 282 g/mol. The van der Waals surface area contributed by atoms with Crippen LogP contribution in [-0.2, 0) is 19.5 Å². The number of carbonyl (C=O) groups is 1. The number of carbonyl (C=O) groups excluding carboxylic acids is 1. The second kappa shape index (κ2) is 6.01. The molecule has 0 fully saturated rings. The summed E-state index contributed by atoms with van der Waals surface area (Å²) in [6, 6.07) is 7.73. The van der Waals surface area contributed by atoms with Gasteiger partial charge in [0.1, 0.15) is 5.82 Å². The minimum Gasteiger partial charge on any atom is -0.346 e. The average molecular weight is 282 g/mol. The summed E-state index contributed by atoms with van der Waals surface area (Å²) in [6.07, 6.45) is 2.73. The number of benzene rings is 1. The Morgan fingerprint density at radius 1 is 1.33 bits per heavy atom. The zero-order valence-electron chi connectivity index (χ0n) is 12.0. The predicted molar refractivity (Wildman–Crippen MR) is 79.8 cm³/mol. The third-order valence-corrected chi connectivity index (χ3v) is 3.62. The van der Waals surface area contributed by atoms with Gasteiger partial charge in [-0.25, -0.2) is 9.97 Å². The molecule has 0 saturated carbocycles. The molecule has 2 N–H and O–H groups in total. The minimum atomic E-state index is -0.0698. The van der Waals surface area contributed by atoms with Crippen molar-refractivity contribution in [3.63, 3.8) is 0 Å². The summed E-state index contributed by atoms with van der Waals surface area (Å²) in [4.78, 5) is 20.5. The number of amides is 1. The van der Waals surface area contributed by atoms with Crippen LogP contribution in [0.2, 0.25) is 0 Å². The summed E-state index contributed by atoms with van der Waals surface area (Å²) in [6.45, 7) is 4.09. The van der Waals surface area contributed by atoms with E-state index in [1.54, 1.807) is 6.20 Å². The molecule has 0 atom stereocenters. The van der Waals surface area contributed by atoms with E-state index in [0.29, 0.717) is 17.9 Å². The number of rotatable bonds is 3. The highest BCUT2D eigenvalue weighted by Gasteiger charge is 2.12. The lowest BCUT2D eigenvalue weighted by molar-refractivity contribution is 0.0950. The second-order valence-electron chi connectivity index (χ2n) is 5.19. The Bertz CT molecular complexity index is 669. The van der Waals surface area contributed by atoms with Crippen molar-refractivity contribution >= 4 is 5.91 Å². The molecule has 21 heavy (non-hydrogen) atoms. The Morgan fingerprint density at radius 3 is 3.10 bits per heavy atom. The normalized spacial score (nSPS) is 13.6. The number of aromatic nitrogens is 2. The lowest BCUT2D eigenvalue weighted by atomic mass is 9.98. The lowest BCUT2D eigenvalue weighted by Crippen LogP contribution is -2.26. The van der Waals surface area contributed by atoms with Crippen molar-refractivity contribution in [3.8, 4) is 0 Å². The van der Waals surface area contributed by atoms with Crippen LogP contribution >= 0.6 is 0 Å². The number of aryl methyl sites for hydroxylation is 1. The Morgan fingerprint density at radius 2 is 2.24 bits per heavy atom. The zero-order valence-corrected chi connectivity index (χ0v) is 12.0. The fourth-order valence-corrected chi connectivity index (χ4v) is 2.50. The van der Waals surface area contributed by atoms with Gasteiger partial charge in [-0.05, 0) is 49.2 Å². The second-order valence-corrected chi connectivity index (χ2v) is 5.19. The maximum atomic E-state index is 12.2. The molecule has 1 aliphatic heterocycles. The summed E-state index contributed by atoms with van der Waals surface area (Å²) in [5.41, 5.74) is 4.06. The van der Waals surface area contributed by atoms with Crippen molar-refractivity contribution < 1.29 is 4.79 Å². The number of hydrogen-bond donors (Lipinski definition) is 2. The van der Waals surface area contributed by atoms with Crippen LogP contribution < -0.4 is 10.6 Å². The molecule has 5 nitrogen and oxygen atoms in total. The summed E-state index contributed by atoms with van der Waals surface area (Å²) in [5.74, 6) is 0.640. The maximum Gasteiger partial charge on any atom is 0.251 e. The molecule has 2 heterocycles. The summed E-state index contributed by atoms with van der Waals surface area (Å²) in [5, 5.41) is 6.22. The van der Waals surface area contributed by atoms with Crippen LogP contribution in [0, 0.1) is 6.92 Å². The zero-order chi connectivity index (χ0) is 14.7. The molecular formula is C16H18N4O. The van der Waals surface area contributed by atoms with Gasteiger partial charge in [-0.2, -0.15) is 0 Å². The van der Waals surface area contributed by atoms with E-state index in [4.69, 9.17) is 0 Å². The topological polar surface area (TPSA) is 66.9 Å². The smallest absolute Gasteiger partial charge is 0.251 e. The number of hydrogen-bond acceptors (Lipinski definition) is 4. The van der Waals surface area contributed by atoms with Crippen molar-refractivity contribution in [2.45, 2.75) is 26.4 Å². The number of nitrogens with zero attached hydrogens (tertiary/aromatic N) is 2. The highest BCUT2D eigenvalue weighted by Crippen LogP contribution is 2.15. The van der Waals surface area contributed by atoms with Crippen LogP contribution in [0.25, 0.3) is 0 Å². The fraction of sp³-hybridized carbons (Fsp3) is 0.312. The SMILES string of the molecule is Cc1nccc(CNC(=O)c2ccc3c(c2)CNCC3)n1. The molecule has 3 rings (SSSR count). The number of fused-ring (bicyclic) bond motifs is 1. The van der Waals surface area contributed by atoms with Crippen molar-refractivity contribution in [2.24, 2.45) is 0 Å². The lowest BCUT2D eigenvalue weighted by Gasteiger charge is -2.17. The fourth-order valence-electron chi connectivity index (χ4n) is 2.50. The van der Waals surface area contributed by atoms with Gasteiger partial charge in [-0.3, -0.25) is 4.79 Å². The van der Waals surface area contributed by atoms with E-state index in [2.05, 4.69) is 26.7 Å². The summed E-state index contributed by atoms with van der Waals surface area (Å²) >= 11 is 0. The Kier molecular flexibility index (Phi) is 3.92. The molecule has 0 bridgehead atoms. The highest BCUT2D eigenvalue weighted by molar-refractivity contribution is 5.94. The first-order valence-corrected chi connectivity index (χ1v) is 7.11. The van der Waals surface area contributed by atoms with E-state index in [1.165, 1.54) is 11.1 Å². The van der Waals surface area contributed by atoms with Crippen LogP contribution in [0.5, 0.6) is 0 Å². The van der Waals surface area contributed by atoms with Gasteiger partial charge in [0.2, 0.25) is 0 Å². The van der Waals surface area contributed by atoms with E-state index < -0.39 is 0 Å². The predicted octanol–water partition coefficient (Wildman–Crippen LogP) is 1.36. The van der Waals surface area contributed by atoms with Crippen molar-refractivity contribution in [1.29, 1.82) is 0 Å². The Hall–Kier alpha value is -2.27. The van der Waals surface area contributed by atoms with Crippen molar-refractivity contribution in [3.05, 3.63) is 58.7 Å². The van der Waals surface area contributed by atoms with E-state index >= 15 is 0 Å². The molecule has 0 spiro atoms. The molecule has 0 unspecified atom stereocenters. The van der Waals surface area contributed by atoms with E-state index in [1.807, 2.05) is 25.1 Å². The highest BCUT2D eigenvalue weighted by atomic mass is 16.1. The largest absolute Gasteiger partial charge is 0.346 e. The third-order valence-electron chi connectivity index (χ3n) is 3.62. The molecule has 108 valence electrons. The Labute approximate surface area is 123 Å². The van der Waals surface area contributed by atoms with Gasteiger partial charge in [0.25, 0.3) is 5.91 Å². The quantitative estimate of drug-likeness (QED) is 0.892. The van der Waals surface area contributed by atoms with Crippen LogP contribution in [0.4, 0.5) is 0 Å². The molecule has 1 aliphatic rings. The molecule has 2 aromatic rings. The van der Waals surface area contributed by atoms with Crippen molar-refractivity contribution in [2.75, 3.05) is 6.54 Å². The van der Waals surface area contributed by atoms with Gasteiger partial charge in [-0.15, -0.1) is 0 Å². The van der Waals surface area contributed by atoms with Crippen LogP contribution in [0.1, 0.15) is 33.0 Å². The summed E-state index contributed by atoms with van der Waals surface area (Å²) < 4.78 is 0. The summed E-state index contributed by atoms with van der Waals surface area (Å²) in [7, 11) is 0. The van der Waals surface area contributed by atoms with E-state index in [0.717, 1.165) is 25.2 Å². The molecule has 0 aliphatic carbocycles. The van der Waals surface area contributed by atoms with Gasteiger partial charge >= 0.3 is 0 Å². The van der Waals surface area contributed by atoms with Gasteiger partial charge in [-0.1, -0.05) is 6.07 Å². The van der Waals surface area contributed by atoms with Crippen molar-refractivity contribution in [1.82, 2.24) is 20.6 Å². The van der Waals surface area contributed by atoms with Gasteiger partial charge in [0, 0.05) is 18.3 Å². The third kappa shape index (κ3) is 3.25. The number of nitrogens with one attached hydrogen (secondary N) is 2. The van der Waals surface area contributed by atoms with Crippen LogP contribution in [-0.4, -0.2) is 22.4 Å². The molecule has 0 radical (unpaired) electrons. The molecule has 1 aromatic carbocycles. The average Bonchev–Trinajstić information content (AvgIpc) is 2.52. The minimum absolute atomic E-state index is 0.0698. The van der Waals surface area contributed by atoms with Gasteiger partial charge in [0.05, 0.1) is 12.2 Å². The first-order chi connectivity index (χ1) is 10.2. The Balaban J connectivity index is 1.68. The first kappa shape index (κ1) is 13.7. The van der Waals surface area contributed by atoms with E-state index in [9.17, 15) is 4.79 Å². The van der Waals surface area contributed by atoms with Gasteiger partial charge in [0.15, 0.2) is 0 Å². The van der Waals surface area contributed by atoms with E-state index in [-0.39, 0.29) is 5.91 Å². The first-order valence-electron chi connectivity index (χ1n) is 7.11. The van der Waals surface area contributed by atoms with Crippen LogP contribution in [0.3, 0.4) is 0 Å². The molecule has 1 amide bonds. The van der Waals surface area contributed by atoms with Crippen LogP contribution in [0.15, 0.2) is 30.5 Å². The molecule has 0 saturated heterocycles. The molecule has 5 heteroatoms. The molecular weight excluding hydrogens is 264 g/mol.